The van der Waals surface area contributed by atoms with Gasteiger partial charge in [0.15, 0.2) is 5.78 Å². The van der Waals surface area contributed by atoms with Gasteiger partial charge < -0.3 is 9.47 Å². The largest absolute Gasteiger partial charge is 0.486 e. The molecule has 0 bridgehead atoms. The van der Waals surface area contributed by atoms with Crippen LogP contribution >= 0.6 is 11.3 Å². The highest BCUT2D eigenvalue weighted by Crippen LogP contribution is 2.34. The maximum absolute atomic E-state index is 13.3. The van der Waals surface area contributed by atoms with E-state index in [1.807, 2.05) is 46.8 Å². The molecular weight excluding hydrogens is 546 g/mol. The van der Waals surface area contributed by atoms with Gasteiger partial charge in [-0.2, -0.15) is 4.31 Å². The molecule has 1 aromatic carbocycles. The number of aryl methyl sites for hydroxylation is 3. The average Bonchev–Trinajstić information content (AvgIpc) is 3.21. The minimum absolute atomic E-state index is 0.00139. The van der Waals surface area contributed by atoms with Crippen LogP contribution in [0.1, 0.15) is 95.2 Å². The maximum Gasteiger partial charge on any atom is 0.307 e. The van der Waals surface area contributed by atoms with Crippen molar-refractivity contribution in [3.63, 3.8) is 0 Å². The molecule has 0 saturated carbocycles. The fraction of sp³-hybridized carbons (Fsp3) is 0.613. The molecule has 1 atom stereocenters. The fourth-order valence-corrected chi connectivity index (χ4v) is 7.30. The van der Waals surface area contributed by atoms with Gasteiger partial charge in [0, 0.05) is 23.9 Å². The number of carbonyl (C=O) groups is 2. The molecule has 1 heterocycles. The lowest BCUT2D eigenvalue weighted by atomic mass is 9.90. The molecule has 7 nitrogen and oxygen atoms in total. The van der Waals surface area contributed by atoms with Crippen LogP contribution in [0.5, 0.6) is 5.75 Å². The Labute approximate surface area is 245 Å². The van der Waals surface area contributed by atoms with E-state index in [-0.39, 0.29) is 25.4 Å². The Hall–Kier alpha value is -2.23. The van der Waals surface area contributed by atoms with Crippen molar-refractivity contribution in [2.45, 2.75) is 104 Å². The SMILES string of the molecule is CCC(CCc1cc(C)c(S(=O)(=O)N(C)CCC(=O)OC(C)(C)C)s1)c1ccc(OCC(=O)C(C)(C)C)c(C)c1. The van der Waals surface area contributed by atoms with Crippen LogP contribution in [0.25, 0.3) is 0 Å². The third-order valence-corrected chi connectivity index (χ3v) is 10.5. The lowest BCUT2D eigenvalue weighted by Crippen LogP contribution is -2.31. The van der Waals surface area contributed by atoms with Gasteiger partial charge in [0.25, 0.3) is 10.0 Å². The summed E-state index contributed by atoms with van der Waals surface area (Å²) >= 11 is 1.31. The van der Waals surface area contributed by atoms with Crippen molar-refractivity contribution in [1.29, 1.82) is 0 Å². The van der Waals surface area contributed by atoms with E-state index in [1.165, 1.54) is 28.3 Å². The third kappa shape index (κ3) is 9.70. The Morgan fingerprint density at radius 1 is 1.02 bits per heavy atom. The van der Waals surface area contributed by atoms with Crippen molar-refractivity contribution in [2.24, 2.45) is 5.41 Å². The van der Waals surface area contributed by atoms with E-state index < -0.39 is 27.0 Å². The number of carbonyl (C=O) groups excluding carboxylic acids is 2. The van der Waals surface area contributed by atoms with E-state index >= 15 is 0 Å². The van der Waals surface area contributed by atoms with E-state index in [2.05, 4.69) is 19.1 Å². The Morgan fingerprint density at radius 2 is 1.68 bits per heavy atom. The number of rotatable bonds is 13. The van der Waals surface area contributed by atoms with Gasteiger partial charge in [0.2, 0.25) is 0 Å². The number of sulfonamides is 1. The van der Waals surface area contributed by atoms with E-state index in [0.29, 0.717) is 10.1 Å². The predicted octanol–water partition coefficient (Wildman–Crippen LogP) is 6.84. The molecule has 2 aromatic rings. The number of nitrogens with zero attached hydrogens (tertiary/aromatic N) is 1. The molecule has 0 fully saturated rings. The van der Waals surface area contributed by atoms with Crippen LogP contribution in [0.3, 0.4) is 0 Å². The van der Waals surface area contributed by atoms with E-state index in [9.17, 15) is 18.0 Å². The minimum Gasteiger partial charge on any atom is -0.486 e. The molecule has 224 valence electrons. The van der Waals surface area contributed by atoms with Crippen molar-refractivity contribution in [3.8, 4) is 5.75 Å². The predicted molar refractivity (Wildman–Crippen MR) is 162 cm³/mol. The summed E-state index contributed by atoms with van der Waals surface area (Å²) in [4.78, 5) is 25.3. The summed E-state index contributed by atoms with van der Waals surface area (Å²) in [5.74, 6) is 0.667. The van der Waals surface area contributed by atoms with E-state index in [4.69, 9.17) is 9.47 Å². The van der Waals surface area contributed by atoms with E-state index in [0.717, 1.165) is 41.0 Å². The number of ketones is 1. The first-order chi connectivity index (χ1) is 18.3. The normalized spacial score (nSPS) is 13.4. The molecular formula is C31H47NO6S2. The summed E-state index contributed by atoms with van der Waals surface area (Å²) in [5.41, 5.74) is 1.88. The van der Waals surface area contributed by atoms with Crippen molar-refractivity contribution in [2.75, 3.05) is 20.2 Å². The standard InChI is InChI=1S/C31H47NO6S2/c1-11-23(24-13-15-26(21(2)18-24)37-20-27(33)30(4,5)6)12-14-25-19-22(3)29(39-25)40(35,36)32(10)17-16-28(34)38-31(7,8)9/h13,15,18-19,23H,11-12,14,16-17,20H2,1-10H3. The number of hydrogen-bond acceptors (Lipinski definition) is 7. The van der Waals surface area contributed by atoms with E-state index in [1.54, 1.807) is 20.8 Å². The fourth-order valence-electron chi connectivity index (χ4n) is 4.18. The van der Waals surface area contributed by atoms with Crippen LogP contribution in [0.2, 0.25) is 0 Å². The lowest BCUT2D eigenvalue weighted by Gasteiger charge is -2.21. The van der Waals surface area contributed by atoms with Gasteiger partial charge >= 0.3 is 5.97 Å². The summed E-state index contributed by atoms with van der Waals surface area (Å²) in [6, 6.07) is 8.09. The van der Waals surface area contributed by atoms with Gasteiger partial charge in [-0.1, -0.05) is 39.8 Å². The molecule has 0 aliphatic carbocycles. The highest BCUT2D eigenvalue weighted by atomic mass is 32.2. The summed E-state index contributed by atoms with van der Waals surface area (Å²) < 4.78 is 39.2. The molecule has 0 N–H and O–H groups in total. The molecule has 2 rings (SSSR count). The molecule has 1 unspecified atom stereocenters. The number of thiophene rings is 1. The van der Waals surface area contributed by atoms with Gasteiger partial charge in [0.05, 0.1) is 6.42 Å². The molecule has 9 heteroatoms. The van der Waals surface area contributed by atoms with Gasteiger partial charge in [-0.3, -0.25) is 9.59 Å². The monoisotopic (exact) mass is 593 g/mol. The third-order valence-electron chi connectivity index (χ3n) is 6.72. The molecule has 0 aliphatic rings. The number of esters is 1. The highest BCUT2D eigenvalue weighted by molar-refractivity contribution is 7.91. The van der Waals surface area contributed by atoms with Crippen LogP contribution < -0.4 is 4.74 Å². The Balaban J connectivity index is 2.05. The highest BCUT2D eigenvalue weighted by Gasteiger charge is 2.27. The van der Waals surface area contributed by atoms with Crippen LogP contribution in [-0.2, 0) is 30.8 Å². The van der Waals surface area contributed by atoms with Gasteiger partial charge in [0.1, 0.15) is 22.2 Å². The molecule has 0 radical (unpaired) electrons. The summed E-state index contributed by atoms with van der Waals surface area (Å²) in [6.07, 6.45) is 2.59. The molecule has 40 heavy (non-hydrogen) atoms. The zero-order valence-corrected chi connectivity index (χ0v) is 27.5. The van der Waals surface area contributed by atoms with Crippen LogP contribution in [0.15, 0.2) is 28.5 Å². The van der Waals surface area contributed by atoms with Gasteiger partial charge in [-0.25, -0.2) is 8.42 Å². The Morgan fingerprint density at radius 3 is 2.23 bits per heavy atom. The second kappa shape index (κ2) is 13.6. The number of Topliss-reactive ketones (excluding diaryl/α,β-unsaturated/α-hetero) is 1. The Kier molecular flexibility index (Phi) is 11.6. The number of benzene rings is 1. The zero-order chi connectivity index (χ0) is 30.5. The Bertz CT molecular complexity index is 1280. The van der Waals surface area contributed by atoms with Crippen molar-refractivity contribution in [3.05, 3.63) is 45.8 Å². The first-order valence-electron chi connectivity index (χ1n) is 13.9. The maximum atomic E-state index is 13.3. The van der Waals surface area contributed by atoms with Crippen molar-refractivity contribution >= 4 is 33.1 Å². The van der Waals surface area contributed by atoms with Crippen LogP contribution in [0.4, 0.5) is 0 Å². The second-order valence-electron chi connectivity index (χ2n) is 12.5. The summed E-state index contributed by atoms with van der Waals surface area (Å²) in [7, 11) is -2.21. The molecule has 0 spiro atoms. The average molecular weight is 594 g/mol. The summed E-state index contributed by atoms with van der Waals surface area (Å²) in [6.45, 7) is 17.1. The second-order valence-corrected chi connectivity index (χ2v) is 15.9. The number of ether oxygens (including phenoxy) is 2. The molecule has 1 aromatic heterocycles. The van der Waals surface area contributed by atoms with Crippen molar-refractivity contribution in [1.82, 2.24) is 4.31 Å². The van der Waals surface area contributed by atoms with Gasteiger partial charge in [-0.15, -0.1) is 11.3 Å². The molecule has 0 amide bonds. The molecule has 0 saturated heterocycles. The van der Waals surface area contributed by atoms with Crippen molar-refractivity contribution < 1.29 is 27.5 Å². The van der Waals surface area contributed by atoms with Crippen LogP contribution in [-0.4, -0.2) is 50.3 Å². The quantitative estimate of drug-likeness (QED) is 0.236. The topological polar surface area (TPSA) is 90.0 Å². The first kappa shape index (κ1) is 34.0. The first-order valence-corrected chi connectivity index (χ1v) is 16.1. The smallest absolute Gasteiger partial charge is 0.307 e. The van der Waals surface area contributed by atoms with Crippen LogP contribution in [0, 0.1) is 19.3 Å². The summed E-state index contributed by atoms with van der Waals surface area (Å²) in [5, 5.41) is 0. The minimum atomic E-state index is -3.71. The van der Waals surface area contributed by atoms with Gasteiger partial charge in [-0.05, 0) is 88.6 Å². The lowest BCUT2D eigenvalue weighted by molar-refractivity contribution is -0.154. The molecule has 0 aliphatic heterocycles. The zero-order valence-electron chi connectivity index (χ0n) is 25.8. The number of hydrogen-bond donors (Lipinski definition) is 0.